The Kier molecular flexibility index (Phi) is 5.84. The van der Waals surface area contributed by atoms with E-state index in [2.05, 4.69) is 26.7 Å². The molecule has 9 heteroatoms. The lowest BCUT2D eigenvalue weighted by Crippen LogP contribution is -2.12. The van der Waals surface area contributed by atoms with Crippen LogP contribution in [0.4, 0.5) is 17.5 Å². The number of hydrogen-bond donors (Lipinski definition) is 3. The number of primary sulfonamides is 1. The average molecular weight is 394 g/mol. The maximum atomic E-state index is 11.3. The molecule has 0 saturated carbocycles. The Morgan fingerprint density at radius 1 is 1.04 bits per heavy atom. The molecule has 2 aromatic carbocycles. The molecule has 0 saturated heterocycles. The minimum absolute atomic E-state index is 0.0918. The van der Waals surface area contributed by atoms with E-state index in [0.29, 0.717) is 30.3 Å². The highest BCUT2D eigenvalue weighted by atomic mass is 32.2. The van der Waals surface area contributed by atoms with E-state index in [1.165, 1.54) is 12.1 Å². The molecule has 3 rings (SSSR count). The molecule has 0 spiro atoms. The van der Waals surface area contributed by atoms with Crippen LogP contribution in [0.2, 0.25) is 0 Å². The first-order valence-electron chi connectivity index (χ1n) is 8.40. The zero-order valence-electron chi connectivity index (χ0n) is 14.8. The van der Waals surface area contributed by atoms with Gasteiger partial charge in [0.05, 0.1) is 16.5 Å². The fraction of sp³-hybridized carbons (Fsp3) is 0.105. The van der Waals surface area contributed by atoms with E-state index < -0.39 is 10.0 Å². The number of sulfonamides is 1. The molecular weight excluding hydrogens is 376 g/mol. The van der Waals surface area contributed by atoms with Crippen LogP contribution in [-0.2, 0) is 16.4 Å². The second-order valence-electron chi connectivity index (χ2n) is 5.95. The van der Waals surface area contributed by atoms with Gasteiger partial charge in [-0.2, -0.15) is 10.2 Å². The minimum atomic E-state index is -3.68. The number of nitrogens with one attached hydrogen (secondary N) is 2. The summed E-state index contributed by atoms with van der Waals surface area (Å²) in [6.07, 6.45) is 2.31. The fourth-order valence-corrected chi connectivity index (χ4v) is 2.97. The number of nitrogens with two attached hydrogens (primary N) is 1. The Balaban J connectivity index is 1.56. The van der Waals surface area contributed by atoms with Crippen molar-refractivity contribution in [2.45, 2.75) is 11.3 Å². The zero-order chi connectivity index (χ0) is 20.0. The van der Waals surface area contributed by atoms with E-state index in [4.69, 9.17) is 10.4 Å². The van der Waals surface area contributed by atoms with Crippen LogP contribution in [0.25, 0.3) is 0 Å². The molecule has 1 aromatic heterocycles. The summed E-state index contributed by atoms with van der Waals surface area (Å²) in [5.74, 6) is 1.10. The summed E-state index contributed by atoms with van der Waals surface area (Å²) in [6.45, 7) is 0.578. The summed E-state index contributed by atoms with van der Waals surface area (Å²) in [7, 11) is -3.68. The van der Waals surface area contributed by atoms with Gasteiger partial charge in [0, 0.05) is 18.4 Å². The van der Waals surface area contributed by atoms with Gasteiger partial charge in [-0.1, -0.05) is 12.1 Å². The molecule has 0 aliphatic carbocycles. The number of aromatic nitrogens is 2. The second-order valence-corrected chi connectivity index (χ2v) is 7.51. The lowest BCUT2D eigenvalue weighted by molar-refractivity contribution is 0.598. The summed E-state index contributed by atoms with van der Waals surface area (Å²) in [5, 5.41) is 20.2. The third kappa shape index (κ3) is 5.26. The van der Waals surface area contributed by atoms with Crippen LogP contribution in [0.1, 0.15) is 11.1 Å². The molecular formula is C19H18N6O2S. The molecule has 142 valence electrons. The molecule has 0 aliphatic heterocycles. The van der Waals surface area contributed by atoms with Crippen LogP contribution < -0.4 is 15.8 Å². The maximum absolute atomic E-state index is 11.3. The van der Waals surface area contributed by atoms with E-state index in [1.54, 1.807) is 48.7 Å². The SMILES string of the molecule is N#Cc1ccc(Nc2ccnc(NCCc3ccc(S(N)(=O)=O)cc3)n2)cc1. The number of hydrogen-bond acceptors (Lipinski definition) is 7. The van der Waals surface area contributed by atoms with Crippen LogP contribution >= 0.6 is 0 Å². The van der Waals surface area contributed by atoms with Gasteiger partial charge in [-0.3, -0.25) is 0 Å². The molecule has 1 heterocycles. The first-order chi connectivity index (χ1) is 13.4. The molecule has 28 heavy (non-hydrogen) atoms. The monoisotopic (exact) mass is 394 g/mol. The van der Waals surface area contributed by atoms with Crippen molar-refractivity contribution in [3.63, 3.8) is 0 Å². The van der Waals surface area contributed by atoms with Gasteiger partial charge in [-0.15, -0.1) is 0 Å². The van der Waals surface area contributed by atoms with Crippen LogP contribution in [-0.4, -0.2) is 24.9 Å². The van der Waals surface area contributed by atoms with Crippen molar-refractivity contribution < 1.29 is 8.42 Å². The summed E-state index contributed by atoms with van der Waals surface area (Å²) in [5.41, 5.74) is 2.37. The Hall–Kier alpha value is -3.48. The number of nitriles is 1. The average Bonchev–Trinajstić information content (AvgIpc) is 2.69. The van der Waals surface area contributed by atoms with Crippen LogP contribution in [0.5, 0.6) is 0 Å². The highest BCUT2D eigenvalue weighted by Crippen LogP contribution is 2.16. The molecule has 0 unspecified atom stereocenters. The van der Waals surface area contributed by atoms with Crippen molar-refractivity contribution in [1.29, 1.82) is 5.26 Å². The van der Waals surface area contributed by atoms with Crippen molar-refractivity contribution in [2.24, 2.45) is 5.14 Å². The number of benzene rings is 2. The van der Waals surface area contributed by atoms with E-state index in [1.807, 2.05) is 0 Å². The number of rotatable bonds is 7. The van der Waals surface area contributed by atoms with Crippen molar-refractivity contribution in [2.75, 3.05) is 17.2 Å². The maximum Gasteiger partial charge on any atom is 0.238 e. The van der Waals surface area contributed by atoms with Crippen LogP contribution in [0.3, 0.4) is 0 Å². The van der Waals surface area contributed by atoms with Crippen LogP contribution in [0, 0.1) is 11.3 Å². The Morgan fingerprint density at radius 3 is 2.39 bits per heavy atom. The summed E-state index contributed by atoms with van der Waals surface area (Å²) < 4.78 is 22.5. The number of nitrogens with zero attached hydrogens (tertiary/aromatic N) is 3. The van der Waals surface area contributed by atoms with E-state index >= 15 is 0 Å². The topological polar surface area (TPSA) is 134 Å². The normalized spacial score (nSPS) is 10.9. The van der Waals surface area contributed by atoms with Gasteiger partial charge in [0.25, 0.3) is 0 Å². The third-order valence-corrected chi connectivity index (χ3v) is 4.82. The summed E-state index contributed by atoms with van der Waals surface area (Å²) in [4.78, 5) is 8.67. The summed E-state index contributed by atoms with van der Waals surface area (Å²) in [6, 6.07) is 17.3. The first-order valence-corrected chi connectivity index (χ1v) is 9.94. The van der Waals surface area contributed by atoms with Gasteiger partial charge >= 0.3 is 0 Å². The Labute approximate surface area is 163 Å². The van der Waals surface area contributed by atoms with Crippen molar-refractivity contribution >= 4 is 27.5 Å². The van der Waals surface area contributed by atoms with E-state index in [0.717, 1.165) is 11.3 Å². The van der Waals surface area contributed by atoms with Crippen LogP contribution in [0.15, 0.2) is 65.7 Å². The Bertz CT molecular complexity index is 1090. The van der Waals surface area contributed by atoms with Gasteiger partial charge in [0.1, 0.15) is 5.82 Å². The summed E-state index contributed by atoms with van der Waals surface area (Å²) >= 11 is 0. The molecule has 0 amide bonds. The lowest BCUT2D eigenvalue weighted by Gasteiger charge is -2.09. The molecule has 0 radical (unpaired) electrons. The predicted octanol–water partition coefficient (Wildman–Crippen LogP) is 2.39. The van der Waals surface area contributed by atoms with E-state index in [9.17, 15) is 8.42 Å². The highest BCUT2D eigenvalue weighted by molar-refractivity contribution is 7.89. The van der Waals surface area contributed by atoms with Gasteiger partial charge in [-0.25, -0.2) is 18.5 Å². The largest absolute Gasteiger partial charge is 0.354 e. The standard InChI is InChI=1S/C19H18N6O2S/c20-13-15-1-5-16(6-2-15)24-18-10-12-23-19(25-18)22-11-9-14-3-7-17(8-4-14)28(21,26)27/h1-8,10,12H,9,11H2,(H2,21,26,27)(H2,22,23,24,25). The third-order valence-electron chi connectivity index (χ3n) is 3.89. The smallest absolute Gasteiger partial charge is 0.238 e. The predicted molar refractivity (Wildman–Crippen MR) is 106 cm³/mol. The minimum Gasteiger partial charge on any atom is -0.354 e. The second kappa shape index (κ2) is 8.47. The fourth-order valence-electron chi connectivity index (χ4n) is 2.45. The van der Waals surface area contributed by atoms with Gasteiger partial charge in [-0.05, 0) is 54.4 Å². The molecule has 4 N–H and O–H groups in total. The molecule has 3 aromatic rings. The molecule has 0 aliphatic rings. The van der Waals surface area contributed by atoms with E-state index in [-0.39, 0.29) is 4.90 Å². The first kappa shape index (κ1) is 19.3. The Morgan fingerprint density at radius 2 is 1.75 bits per heavy atom. The molecule has 0 bridgehead atoms. The van der Waals surface area contributed by atoms with Crippen molar-refractivity contribution in [3.8, 4) is 6.07 Å². The molecule has 0 atom stereocenters. The zero-order valence-corrected chi connectivity index (χ0v) is 15.6. The quantitative estimate of drug-likeness (QED) is 0.560. The molecule has 8 nitrogen and oxygen atoms in total. The van der Waals surface area contributed by atoms with Crippen molar-refractivity contribution in [3.05, 3.63) is 71.9 Å². The van der Waals surface area contributed by atoms with Crippen molar-refractivity contribution in [1.82, 2.24) is 9.97 Å². The highest BCUT2D eigenvalue weighted by Gasteiger charge is 2.06. The van der Waals surface area contributed by atoms with Gasteiger partial charge in [0.2, 0.25) is 16.0 Å². The van der Waals surface area contributed by atoms with Gasteiger partial charge in [0.15, 0.2) is 0 Å². The molecule has 0 fully saturated rings. The lowest BCUT2D eigenvalue weighted by atomic mass is 10.1. The number of anilines is 3. The van der Waals surface area contributed by atoms with Gasteiger partial charge < -0.3 is 10.6 Å².